The number of carbonyl (C=O) groups excluding carboxylic acids is 1. The monoisotopic (exact) mass is 445 g/mol. The van der Waals surface area contributed by atoms with Gasteiger partial charge in [0.05, 0.1) is 11.8 Å². The van der Waals surface area contributed by atoms with Crippen molar-refractivity contribution < 1.29 is 9.53 Å². The van der Waals surface area contributed by atoms with Crippen LogP contribution in [0.2, 0.25) is 0 Å². The summed E-state index contributed by atoms with van der Waals surface area (Å²) < 4.78 is 5.86. The molecule has 2 aliphatic heterocycles. The maximum atomic E-state index is 13.1. The van der Waals surface area contributed by atoms with Gasteiger partial charge in [-0.05, 0) is 86.9 Å². The molecule has 33 heavy (non-hydrogen) atoms. The fraction of sp³-hybridized carbons (Fsp3) is 0.500. The van der Waals surface area contributed by atoms with Gasteiger partial charge in [0.25, 0.3) is 0 Å². The molecule has 1 amide bonds. The minimum absolute atomic E-state index is 0.0739. The Balaban J connectivity index is 1.17. The summed E-state index contributed by atoms with van der Waals surface area (Å²) in [5.74, 6) is 0.628. The van der Waals surface area contributed by atoms with Gasteiger partial charge >= 0.3 is 0 Å². The standard InChI is InChI=1S/C28H35N3O2/c32-28(11-10-25-8-3-4-14-29-25)31(21-27-9-5-17-33-27)20-22-12-15-30(16-13-22)26-18-23-6-1-2-7-24(23)19-26/h1-4,6-8,10-11,14,22,26-27H,5,9,12-13,15-21H2/b11-10+. The van der Waals surface area contributed by atoms with Crippen LogP contribution in [0.1, 0.15) is 42.5 Å². The van der Waals surface area contributed by atoms with Crippen molar-refractivity contribution >= 4 is 12.0 Å². The van der Waals surface area contributed by atoms with Crippen LogP contribution in [0.15, 0.2) is 54.7 Å². The molecule has 0 spiro atoms. The summed E-state index contributed by atoms with van der Waals surface area (Å²) >= 11 is 0. The Morgan fingerprint density at radius 2 is 1.79 bits per heavy atom. The molecule has 5 nitrogen and oxygen atoms in total. The molecule has 174 valence electrons. The molecule has 3 aliphatic rings. The molecule has 5 rings (SSSR count). The normalized spacial score (nSPS) is 22.1. The first-order chi connectivity index (χ1) is 16.2. The topological polar surface area (TPSA) is 45.7 Å². The van der Waals surface area contributed by atoms with Gasteiger partial charge in [-0.1, -0.05) is 30.3 Å². The summed E-state index contributed by atoms with van der Waals surface area (Å²) in [6.07, 6.45) is 12.3. The Hall–Kier alpha value is -2.50. The van der Waals surface area contributed by atoms with Crippen molar-refractivity contribution in [2.45, 2.75) is 50.7 Å². The fourth-order valence-electron chi connectivity index (χ4n) is 5.63. The number of aromatic nitrogens is 1. The van der Waals surface area contributed by atoms with Gasteiger partial charge in [-0.2, -0.15) is 0 Å². The van der Waals surface area contributed by atoms with E-state index in [9.17, 15) is 4.79 Å². The molecule has 1 atom stereocenters. The number of benzene rings is 1. The van der Waals surface area contributed by atoms with E-state index in [1.54, 1.807) is 12.3 Å². The van der Waals surface area contributed by atoms with Crippen LogP contribution in [0.5, 0.6) is 0 Å². The van der Waals surface area contributed by atoms with Gasteiger partial charge in [0, 0.05) is 38.0 Å². The Morgan fingerprint density at radius 1 is 1.03 bits per heavy atom. The quantitative estimate of drug-likeness (QED) is 0.605. The van der Waals surface area contributed by atoms with Crippen molar-refractivity contribution in [1.82, 2.24) is 14.8 Å². The second-order valence-electron chi connectivity index (χ2n) is 9.78. The molecule has 2 fully saturated rings. The number of fused-ring (bicyclic) bond motifs is 1. The summed E-state index contributed by atoms with van der Waals surface area (Å²) in [5.41, 5.74) is 3.86. The van der Waals surface area contributed by atoms with E-state index in [0.717, 1.165) is 57.6 Å². The molecule has 1 aromatic carbocycles. The first kappa shape index (κ1) is 22.3. The summed E-state index contributed by atoms with van der Waals surface area (Å²) in [6.45, 7) is 4.61. The SMILES string of the molecule is O=C(/C=C/c1ccccn1)N(CC1CCN(C2Cc3ccccc3C2)CC1)CC1CCCO1. The molecule has 0 bridgehead atoms. The van der Waals surface area contributed by atoms with Gasteiger partial charge in [-0.25, -0.2) is 0 Å². The molecule has 0 saturated carbocycles. The highest BCUT2D eigenvalue weighted by atomic mass is 16.5. The van der Waals surface area contributed by atoms with Crippen molar-refractivity contribution in [3.8, 4) is 0 Å². The van der Waals surface area contributed by atoms with E-state index in [2.05, 4.69) is 34.1 Å². The molecule has 1 aliphatic carbocycles. The third-order valence-corrected chi connectivity index (χ3v) is 7.52. The number of ether oxygens (including phenoxy) is 1. The van der Waals surface area contributed by atoms with Crippen LogP contribution in [0.4, 0.5) is 0 Å². The molecule has 5 heteroatoms. The van der Waals surface area contributed by atoms with E-state index in [4.69, 9.17) is 4.74 Å². The number of hydrogen-bond acceptors (Lipinski definition) is 4. The lowest BCUT2D eigenvalue weighted by Crippen LogP contribution is -2.46. The summed E-state index contributed by atoms with van der Waals surface area (Å²) in [7, 11) is 0. The van der Waals surface area contributed by atoms with E-state index in [1.807, 2.05) is 29.2 Å². The van der Waals surface area contributed by atoms with Gasteiger partial charge in [-0.15, -0.1) is 0 Å². The molecule has 2 saturated heterocycles. The Morgan fingerprint density at radius 3 is 2.45 bits per heavy atom. The Labute approximate surface area is 197 Å². The molecule has 3 heterocycles. The van der Waals surface area contributed by atoms with Crippen LogP contribution in [-0.2, 0) is 22.4 Å². The van der Waals surface area contributed by atoms with Crippen LogP contribution >= 0.6 is 0 Å². The number of rotatable bonds is 7. The molecular weight excluding hydrogens is 410 g/mol. The molecular formula is C28H35N3O2. The summed E-state index contributed by atoms with van der Waals surface area (Å²) in [6, 6.07) is 15.3. The minimum atomic E-state index is 0.0739. The van der Waals surface area contributed by atoms with Crippen molar-refractivity contribution in [3.05, 3.63) is 71.6 Å². The van der Waals surface area contributed by atoms with Crippen LogP contribution < -0.4 is 0 Å². The number of amides is 1. The molecule has 1 aromatic heterocycles. The highest BCUT2D eigenvalue weighted by Crippen LogP contribution is 2.29. The van der Waals surface area contributed by atoms with Crippen LogP contribution in [0.25, 0.3) is 6.08 Å². The van der Waals surface area contributed by atoms with Crippen LogP contribution in [0.3, 0.4) is 0 Å². The highest BCUT2D eigenvalue weighted by molar-refractivity contribution is 5.91. The van der Waals surface area contributed by atoms with Gasteiger partial charge in [-0.3, -0.25) is 14.7 Å². The van der Waals surface area contributed by atoms with Crippen molar-refractivity contribution in [2.75, 3.05) is 32.8 Å². The number of nitrogens with zero attached hydrogens (tertiary/aromatic N) is 3. The minimum Gasteiger partial charge on any atom is -0.376 e. The second-order valence-corrected chi connectivity index (χ2v) is 9.78. The van der Waals surface area contributed by atoms with Gasteiger partial charge in [0.15, 0.2) is 0 Å². The number of piperidine rings is 1. The Bertz CT molecular complexity index is 922. The lowest BCUT2D eigenvalue weighted by molar-refractivity contribution is -0.128. The fourth-order valence-corrected chi connectivity index (χ4v) is 5.63. The molecule has 2 aromatic rings. The predicted molar refractivity (Wildman–Crippen MR) is 131 cm³/mol. The highest BCUT2D eigenvalue weighted by Gasteiger charge is 2.31. The lowest BCUT2D eigenvalue weighted by Gasteiger charge is -2.38. The molecule has 1 unspecified atom stereocenters. The van der Waals surface area contributed by atoms with Gasteiger partial charge in [0.2, 0.25) is 5.91 Å². The maximum absolute atomic E-state index is 13.1. The summed E-state index contributed by atoms with van der Waals surface area (Å²) in [5, 5.41) is 0. The zero-order valence-corrected chi connectivity index (χ0v) is 19.4. The van der Waals surface area contributed by atoms with Gasteiger partial charge < -0.3 is 9.64 Å². The average Bonchev–Trinajstić information content (AvgIpc) is 3.53. The average molecular weight is 446 g/mol. The second kappa shape index (κ2) is 10.6. The van der Waals surface area contributed by atoms with E-state index in [-0.39, 0.29) is 12.0 Å². The largest absolute Gasteiger partial charge is 0.376 e. The predicted octanol–water partition coefficient (Wildman–Crippen LogP) is 3.98. The van der Waals surface area contributed by atoms with Crippen LogP contribution in [-0.4, -0.2) is 65.6 Å². The van der Waals surface area contributed by atoms with Gasteiger partial charge in [0.1, 0.15) is 0 Å². The number of likely N-dealkylation sites (tertiary alicyclic amines) is 1. The van der Waals surface area contributed by atoms with E-state index in [1.165, 1.54) is 24.0 Å². The zero-order valence-electron chi connectivity index (χ0n) is 19.4. The maximum Gasteiger partial charge on any atom is 0.246 e. The van der Waals surface area contributed by atoms with E-state index < -0.39 is 0 Å². The lowest BCUT2D eigenvalue weighted by atomic mass is 9.94. The van der Waals surface area contributed by atoms with E-state index >= 15 is 0 Å². The first-order valence-corrected chi connectivity index (χ1v) is 12.5. The zero-order chi connectivity index (χ0) is 22.5. The number of pyridine rings is 1. The van der Waals surface area contributed by atoms with Crippen molar-refractivity contribution in [3.63, 3.8) is 0 Å². The van der Waals surface area contributed by atoms with E-state index in [0.29, 0.717) is 18.5 Å². The smallest absolute Gasteiger partial charge is 0.246 e. The first-order valence-electron chi connectivity index (χ1n) is 12.5. The molecule has 0 N–H and O–H groups in total. The van der Waals surface area contributed by atoms with Crippen LogP contribution in [0, 0.1) is 5.92 Å². The third-order valence-electron chi connectivity index (χ3n) is 7.52. The Kier molecular flexibility index (Phi) is 7.18. The van der Waals surface area contributed by atoms with Crippen molar-refractivity contribution in [1.29, 1.82) is 0 Å². The number of hydrogen-bond donors (Lipinski definition) is 0. The van der Waals surface area contributed by atoms with Crippen molar-refractivity contribution in [2.24, 2.45) is 5.92 Å². The molecule has 0 radical (unpaired) electrons. The number of carbonyl (C=O) groups is 1. The summed E-state index contributed by atoms with van der Waals surface area (Å²) in [4.78, 5) is 22.1. The third kappa shape index (κ3) is 5.71.